The van der Waals surface area contributed by atoms with E-state index in [1.807, 2.05) is 6.92 Å². The minimum absolute atomic E-state index is 0.213. The predicted octanol–water partition coefficient (Wildman–Crippen LogP) is 3.72. The van der Waals surface area contributed by atoms with Crippen LogP contribution in [0.15, 0.2) is 61.1 Å². The molecule has 0 aliphatic carbocycles. The summed E-state index contributed by atoms with van der Waals surface area (Å²) in [4.78, 5) is 37.6. The number of amides is 2. The van der Waals surface area contributed by atoms with Gasteiger partial charge in [-0.05, 0) is 37.3 Å². The number of aromatic nitrogens is 2. The second-order valence-electron chi connectivity index (χ2n) is 6.88. The third kappa shape index (κ3) is 2.85. The van der Waals surface area contributed by atoms with Crippen LogP contribution in [0, 0.1) is 5.95 Å². The van der Waals surface area contributed by atoms with Crippen molar-refractivity contribution in [1.82, 2.24) is 19.8 Å². The minimum atomic E-state index is -1.24. The highest BCUT2D eigenvalue weighted by Crippen LogP contribution is 2.46. The summed E-state index contributed by atoms with van der Waals surface area (Å²) in [5.74, 6) is -1.30. The number of halogens is 2. The fourth-order valence-corrected chi connectivity index (χ4v) is 4.18. The van der Waals surface area contributed by atoms with Crippen molar-refractivity contribution in [1.29, 1.82) is 0 Å². The van der Waals surface area contributed by atoms with Gasteiger partial charge in [-0.15, -0.1) is 0 Å². The molecule has 0 fully saturated rings. The first-order chi connectivity index (χ1) is 14.4. The zero-order chi connectivity index (χ0) is 21.5. The van der Waals surface area contributed by atoms with Crippen molar-refractivity contribution in [2.75, 3.05) is 13.6 Å². The third-order valence-electron chi connectivity index (χ3n) is 5.39. The molecule has 4 rings (SSSR count). The maximum absolute atomic E-state index is 13.6. The van der Waals surface area contributed by atoms with Gasteiger partial charge in [-0.2, -0.15) is 4.39 Å². The molecule has 1 aliphatic rings. The Labute approximate surface area is 177 Å². The maximum atomic E-state index is 13.6. The van der Waals surface area contributed by atoms with Gasteiger partial charge >= 0.3 is 0 Å². The van der Waals surface area contributed by atoms with Crippen molar-refractivity contribution < 1.29 is 14.0 Å². The Morgan fingerprint density at radius 1 is 1.17 bits per heavy atom. The van der Waals surface area contributed by atoms with Crippen LogP contribution in [-0.4, -0.2) is 45.2 Å². The Balaban J connectivity index is 1.98. The molecular weight excluding hydrogens is 407 g/mol. The van der Waals surface area contributed by atoms with Crippen LogP contribution in [0.3, 0.4) is 0 Å². The zero-order valence-corrected chi connectivity index (χ0v) is 17.1. The first-order valence-electron chi connectivity index (χ1n) is 9.33. The van der Waals surface area contributed by atoms with E-state index in [0.29, 0.717) is 21.7 Å². The SMILES string of the molecule is CCN(C(=O)c1ccc(F)nc1)C1(c2ccc(Cl)cc2)c2cnccc2C(=O)N1C. The van der Waals surface area contributed by atoms with Gasteiger partial charge in [0.05, 0.1) is 11.1 Å². The summed E-state index contributed by atoms with van der Waals surface area (Å²) in [6.45, 7) is 2.09. The largest absolute Gasteiger partial charge is 0.310 e. The number of fused-ring (bicyclic) bond motifs is 1. The fourth-order valence-electron chi connectivity index (χ4n) is 4.06. The van der Waals surface area contributed by atoms with Crippen molar-refractivity contribution in [3.05, 3.63) is 94.3 Å². The molecule has 0 N–H and O–H groups in total. The molecule has 3 heterocycles. The van der Waals surface area contributed by atoms with Crippen LogP contribution >= 0.6 is 11.6 Å². The Morgan fingerprint density at radius 2 is 1.90 bits per heavy atom. The topological polar surface area (TPSA) is 66.4 Å². The van der Waals surface area contributed by atoms with Crippen molar-refractivity contribution in [3.63, 3.8) is 0 Å². The summed E-state index contributed by atoms with van der Waals surface area (Å²) in [6.07, 6.45) is 4.34. The summed E-state index contributed by atoms with van der Waals surface area (Å²) in [5, 5.41) is 0.532. The number of carbonyl (C=O) groups is 2. The van der Waals surface area contributed by atoms with Gasteiger partial charge in [0.2, 0.25) is 5.95 Å². The molecule has 152 valence electrons. The minimum Gasteiger partial charge on any atom is -0.310 e. The number of pyridine rings is 2. The van der Waals surface area contributed by atoms with Crippen LogP contribution in [0.4, 0.5) is 4.39 Å². The summed E-state index contributed by atoms with van der Waals surface area (Å²) in [7, 11) is 1.65. The van der Waals surface area contributed by atoms with Gasteiger partial charge in [0.1, 0.15) is 0 Å². The smallest absolute Gasteiger partial charge is 0.257 e. The first-order valence-corrected chi connectivity index (χ1v) is 9.71. The lowest BCUT2D eigenvalue weighted by Crippen LogP contribution is -2.57. The molecule has 8 heteroatoms. The molecule has 6 nitrogen and oxygen atoms in total. The Morgan fingerprint density at radius 3 is 2.53 bits per heavy atom. The van der Waals surface area contributed by atoms with E-state index in [0.717, 1.165) is 6.07 Å². The molecule has 2 aromatic heterocycles. The summed E-state index contributed by atoms with van der Waals surface area (Å²) >= 11 is 6.10. The van der Waals surface area contributed by atoms with Gasteiger partial charge in [-0.3, -0.25) is 14.6 Å². The van der Waals surface area contributed by atoms with Crippen molar-refractivity contribution in [2.24, 2.45) is 0 Å². The average molecular weight is 425 g/mol. The molecule has 0 saturated heterocycles. The quantitative estimate of drug-likeness (QED) is 0.599. The molecule has 1 aliphatic heterocycles. The van der Waals surface area contributed by atoms with E-state index in [1.54, 1.807) is 54.7 Å². The van der Waals surface area contributed by atoms with Crippen LogP contribution in [0.2, 0.25) is 5.02 Å². The van der Waals surface area contributed by atoms with Crippen LogP contribution < -0.4 is 0 Å². The highest BCUT2D eigenvalue weighted by atomic mass is 35.5. The fraction of sp³-hybridized carbons (Fsp3) is 0.182. The maximum Gasteiger partial charge on any atom is 0.257 e. The van der Waals surface area contributed by atoms with Crippen LogP contribution in [-0.2, 0) is 5.66 Å². The molecule has 0 bridgehead atoms. The third-order valence-corrected chi connectivity index (χ3v) is 5.64. The van der Waals surface area contributed by atoms with Gasteiger partial charge in [-0.25, -0.2) is 4.98 Å². The van der Waals surface area contributed by atoms with E-state index >= 15 is 0 Å². The first kappa shape index (κ1) is 20.0. The van der Waals surface area contributed by atoms with Gasteiger partial charge in [0.15, 0.2) is 5.66 Å². The Bertz CT molecular complexity index is 1120. The lowest BCUT2D eigenvalue weighted by molar-refractivity contribution is 0.00837. The van der Waals surface area contributed by atoms with Crippen LogP contribution in [0.1, 0.15) is 38.8 Å². The predicted molar refractivity (Wildman–Crippen MR) is 109 cm³/mol. The number of hydrogen-bond donors (Lipinski definition) is 0. The number of benzene rings is 1. The monoisotopic (exact) mass is 424 g/mol. The lowest BCUT2D eigenvalue weighted by Gasteiger charge is -2.46. The molecule has 0 radical (unpaired) electrons. The van der Waals surface area contributed by atoms with E-state index in [1.165, 1.54) is 17.2 Å². The molecule has 1 unspecified atom stereocenters. The van der Waals surface area contributed by atoms with Crippen LogP contribution in [0.25, 0.3) is 0 Å². The van der Waals surface area contributed by atoms with Gasteiger partial charge < -0.3 is 9.80 Å². The number of nitrogens with zero attached hydrogens (tertiary/aromatic N) is 4. The zero-order valence-electron chi connectivity index (χ0n) is 16.3. The molecule has 0 saturated carbocycles. The van der Waals surface area contributed by atoms with E-state index in [4.69, 9.17) is 11.6 Å². The number of hydrogen-bond acceptors (Lipinski definition) is 4. The van der Waals surface area contributed by atoms with E-state index in [2.05, 4.69) is 9.97 Å². The van der Waals surface area contributed by atoms with E-state index in [9.17, 15) is 14.0 Å². The molecular formula is C22H18ClFN4O2. The highest BCUT2D eigenvalue weighted by Gasteiger charge is 2.54. The molecule has 0 spiro atoms. The summed E-state index contributed by atoms with van der Waals surface area (Å²) in [5.41, 5.74) is 0.700. The molecule has 2 amide bonds. The molecule has 1 aromatic carbocycles. The van der Waals surface area contributed by atoms with Crippen molar-refractivity contribution >= 4 is 23.4 Å². The second kappa shape index (κ2) is 7.50. The number of carbonyl (C=O) groups excluding carboxylic acids is 2. The molecule has 3 aromatic rings. The highest BCUT2D eigenvalue weighted by molar-refractivity contribution is 6.30. The molecule has 30 heavy (non-hydrogen) atoms. The normalized spacial score (nSPS) is 17.7. The lowest BCUT2D eigenvalue weighted by atomic mass is 9.89. The standard InChI is InChI=1S/C22H18ClFN4O2/c1-3-28(20(29)14-4-9-19(24)26-12-14)22(15-5-7-16(23)8-6-15)18-13-25-11-10-17(18)21(30)27(22)2/h4-13H,3H2,1-2H3. The average Bonchev–Trinajstić information content (AvgIpc) is 2.98. The molecule has 1 atom stereocenters. The van der Waals surface area contributed by atoms with Crippen molar-refractivity contribution in [3.8, 4) is 0 Å². The van der Waals surface area contributed by atoms with Gasteiger partial charge in [-0.1, -0.05) is 23.7 Å². The summed E-state index contributed by atoms with van der Waals surface area (Å²) in [6, 6.07) is 11.1. The van der Waals surface area contributed by atoms with Crippen LogP contribution in [0.5, 0.6) is 0 Å². The summed E-state index contributed by atoms with van der Waals surface area (Å²) < 4.78 is 13.3. The van der Waals surface area contributed by atoms with Gasteiger partial charge in [0.25, 0.3) is 11.8 Å². The van der Waals surface area contributed by atoms with E-state index < -0.39 is 17.5 Å². The van der Waals surface area contributed by atoms with E-state index in [-0.39, 0.29) is 18.0 Å². The second-order valence-corrected chi connectivity index (χ2v) is 7.32. The van der Waals surface area contributed by atoms with Gasteiger partial charge in [0, 0.05) is 48.3 Å². The van der Waals surface area contributed by atoms with Crippen molar-refractivity contribution in [2.45, 2.75) is 12.6 Å². The Kier molecular flexibility index (Phi) is 4.99. The Hall–Kier alpha value is -3.32. The number of rotatable bonds is 4.